The molecule has 0 bridgehead atoms. The number of amides is 1. The Hall–Kier alpha value is -3.17. The number of carbonyl (C=O) groups is 1. The molecule has 0 unspecified atom stereocenters. The summed E-state index contributed by atoms with van der Waals surface area (Å²) >= 11 is 0. The van der Waals surface area contributed by atoms with Crippen LogP contribution in [0.25, 0.3) is 5.95 Å². The quantitative estimate of drug-likeness (QED) is 0.608. The number of nitrogens with zero attached hydrogens (tertiary/aromatic N) is 5. The van der Waals surface area contributed by atoms with E-state index in [-0.39, 0.29) is 18.7 Å². The summed E-state index contributed by atoms with van der Waals surface area (Å²) in [4.78, 5) is 22.3. The molecule has 0 aromatic carbocycles. The van der Waals surface area contributed by atoms with Crippen LogP contribution in [0.15, 0.2) is 28.9 Å². The highest BCUT2D eigenvalue weighted by Gasteiger charge is 2.34. The fourth-order valence-electron chi connectivity index (χ4n) is 3.23. The summed E-state index contributed by atoms with van der Waals surface area (Å²) in [5.41, 5.74) is 3.22. The van der Waals surface area contributed by atoms with Gasteiger partial charge in [-0.15, -0.1) is 0 Å². The number of alkyl halides is 3. The van der Waals surface area contributed by atoms with E-state index in [0.717, 1.165) is 16.3 Å². The van der Waals surface area contributed by atoms with E-state index in [9.17, 15) is 18.0 Å². The third-order valence-corrected chi connectivity index (χ3v) is 4.58. The van der Waals surface area contributed by atoms with Crippen molar-refractivity contribution in [1.29, 1.82) is 0 Å². The lowest BCUT2D eigenvalue weighted by atomic mass is 10.1. The van der Waals surface area contributed by atoms with Gasteiger partial charge < -0.3 is 9.32 Å². The number of carbonyl (C=O) groups excluding carboxylic acids is 1. The molecule has 0 radical (unpaired) electrons. The molecule has 1 amide bonds. The van der Waals surface area contributed by atoms with E-state index in [2.05, 4.69) is 15.1 Å². The molecule has 0 fully saturated rings. The van der Waals surface area contributed by atoms with Crippen LogP contribution in [0.4, 0.5) is 13.2 Å². The van der Waals surface area contributed by atoms with Gasteiger partial charge in [0.2, 0.25) is 5.91 Å². The number of hydrogen-bond acceptors (Lipinski definition) is 5. The van der Waals surface area contributed by atoms with Crippen LogP contribution >= 0.6 is 0 Å². The van der Waals surface area contributed by atoms with Crippen molar-refractivity contribution >= 4 is 5.91 Å². The molecule has 3 aromatic heterocycles. The number of aryl methyl sites for hydroxylation is 3. The molecular formula is C20H22F3N5O2. The average molecular weight is 421 g/mol. The van der Waals surface area contributed by atoms with E-state index in [1.807, 2.05) is 19.9 Å². The van der Waals surface area contributed by atoms with Crippen LogP contribution in [0.3, 0.4) is 0 Å². The summed E-state index contributed by atoms with van der Waals surface area (Å²) < 4.78 is 45.7. The first-order valence-electron chi connectivity index (χ1n) is 9.28. The first-order chi connectivity index (χ1) is 14.0. The van der Waals surface area contributed by atoms with Crippen molar-refractivity contribution in [3.63, 3.8) is 0 Å². The number of rotatable bonds is 6. The van der Waals surface area contributed by atoms with E-state index in [1.54, 1.807) is 19.9 Å². The Bertz CT molecular complexity index is 1020. The summed E-state index contributed by atoms with van der Waals surface area (Å²) in [6.45, 7) is 5.48. The fraction of sp³-hybridized carbons (Fsp3) is 0.400. The molecule has 0 saturated heterocycles. The molecular weight excluding hydrogens is 399 g/mol. The van der Waals surface area contributed by atoms with Crippen molar-refractivity contribution in [2.24, 2.45) is 0 Å². The molecule has 0 spiro atoms. The molecule has 0 aliphatic heterocycles. The van der Waals surface area contributed by atoms with Gasteiger partial charge in [0.15, 0.2) is 0 Å². The Kier molecular flexibility index (Phi) is 5.95. The highest BCUT2D eigenvalue weighted by molar-refractivity contribution is 5.79. The second-order valence-corrected chi connectivity index (χ2v) is 7.13. The first-order valence-corrected chi connectivity index (χ1v) is 9.28. The van der Waals surface area contributed by atoms with Crippen molar-refractivity contribution in [2.75, 3.05) is 6.54 Å². The average Bonchev–Trinajstić information content (AvgIpc) is 3.22. The van der Waals surface area contributed by atoms with Gasteiger partial charge in [-0.3, -0.25) is 4.79 Å². The summed E-state index contributed by atoms with van der Waals surface area (Å²) in [7, 11) is 0. The van der Waals surface area contributed by atoms with Gasteiger partial charge in [-0.1, -0.05) is 0 Å². The van der Waals surface area contributed by atoms with Crippen LogP contribution in [0.5, 0.6) is 0 Å². The molecule has 0 saturated carbocycles. The smallest absolute Gasteiger partial charge is 0.406 e. The van der Waals surface area contributed by atoms with Crippen LogP contribution < -0.4 is 0 Å². The maximum absolute atomic E-state index is 13.0. The van der Waals surface area contributed by atoms with E-state index >= 15 is 0 Å². The summed E-state index contributed by atoms with van der Waals surface area (Å²) in [5, 5.41) is 4.41. The summed E-state index contributed by atoms with van der Waals surface area (Å²) in [6, 6.07) is 4.92. The van der Waals surface area contributed by atoms with Crippen LogP contribution in [0.2, 0.25) is 0 Å². The highest BCUT2D eigenvalue weighted by Crippen LogP contribution is 2.22. The number of furan rings is 1. The Morgan fingerprint density at radius 2 is 1.83 bits per heavy atom. The standard InChI is InChI=1S/C20H22F3N5O2/c1-12-8-13(2)25-19(24-12)28-15(4)17(14(3)26-28)9-18(29)27(11-20(21,22)23)10-16-6-5-7-30-16/h5-8H,9-11H2,1-4H3. The second kappa shape index (κ2) is 8.29. The van der Waals surface area contributed by atoms with Gasteiger partial charge >= 0.3 is 6.18 Å². The van der Waals surface area contributed by atoms with Crippen LogP contribution in [0.1, 0.15) is 34.1 Å². The Morgan fingerprint density at radius 3 is 2.40 bits per heavy atom. The Morgan fingerprint density at radius 1 is 1.17 bits per heavy atom. The molecule has 0 aliphatic rings. The van der Waals surface area contributed by atoms with Gasteiger partial charge in [-0.25, -0.2) is 14.6 Å². The van der Waals surface area contributed by atoms with E-state index in [1.165, 1.54) is 17.0 Å². The third kappa shape index (κ3) is 5.05. The minimum absolute atomic E-state index is 0.223. The van der Waals surface area contributed by atoms with Gasteiger partial charge in [0, 0.05) is 22.6 Å². The van der Waals surface area contributed by atoms with E-state index in [0.29, 0.717) is 22.9 Å². The van der Waals surface area contributed by atoms with Crippen molar-refractivity contribution in [3.05, 3.63) is 58.6 Å². The summed E-state index contributed by atoms with van der Waals surface area (Å²) in [5.74, 6) is -0.0364. The van der Waals surface area contributed by atoms with Gasteiger partial charge in [0.05, 0.1) is 24.9 Å². The molecule has 7 nitrogen and oxygen atoms in total. The molecule has 3 aromatic rings. The molecule has 0 N–H and O–H groups in total. The van der Waals surface area contributed by atoms with Crippen LogP contribution in [0, 0.1) is 27.7 Å². The van der Waals surface area contributed by atoms with Crippen molar-refractivity contribution < 1.29 is 22.4 Å². The number of hydrogen-bond donors (Lipinski definition) is 0. The topological polar surface area (TPSA) is 77.0 Å². The lowest BCUT2D eigenvalue weighted by Gasteiger charge is -2.23. The van der Waals surface area contributed by atoms with E-state index < -0.39 is 18.6 Å². The van der Waals surface area contributed by atoms with Crippen LogP contribution in [-0.4, -0.2) is 43.3 Å². The SMILES string of the molecule is Cc1cc(C)nc(-n2nc(C)c(CC(=O)N(Cc3ccco3)CC(F)(F)F)c2C)n1. The number of halogens is 3. The predicted molar refractivity (Wildman–Crippen MR) is 102 cm³/mol. The lowest BCUT2D eigenvalue weighted by Crippen LogP contribution is -2.39. The van der Waals surface area contributed by atoms with Crippen molar-refractivity contribution in [3.8, 4) is 5.95 Å². The van der Waals surface area contributed by atoms with Gasteiger partial charge in [-0.2, -0.15) is 18.3 Å². The minimum Gasteiger partial charge on any atom is -0.467 e. The van der Waals surface area contributed by atoms with Gasteiger partial charge in [0.1, 0.15) is 12.3 Å². The fourth-order valence-corrected chi connectivity index (χ4v) is 3.23. The maximum Gasteiger partial charge on any atom is 0.406 e. The second-order valence-electron chi connectivity index (χ2n) is 7.13. The molecule has 3 rings (SSSR count). The molecule has 30 heavy (non-hydrogen) atoms. The molecule has 3 heterocycles. The summed E-state index contributed by atoms with van der Waals surface area (Å²) in [6.07, 6.45) is -3.39. The molecule has 160 valence electrons. The first kappa shape index (κ1) is 21.5. The largest absolute Gasteiger partial charge is 0.467 e. The zero-order valence-corrected chi connectivity index (χ0v) is 17.1. The molecule has 0 atom stereocenters. The maximum atomic E-state index is 13.0. The molecule has 10 heteroatoms. The minimum atomic E-state index is -4.52. The predicted octanol–water partition coefficient (Wildman–Crippen LogP) is 3.62. The monoisotopic (exact) mass is 421 g/mol. The van der Waals surface area contributed by atoms with Gasteiger partial charge in [-0.05, 0) is 45.9 Å². The highest BCUT2D eigenvalue weighted by atomic mass is 19.4. The number of aromatic nitrogens is 4. The molecule has 0 aliphatic carbocycles. The van der Waals surface area contributed by atoms with Crippen molar-refractivity contribution in [2.45, 2.75) is 46.8 Å². The van der Waals surface area contributed by atoms with E-state index in [4.69, 9.17) is 4.42 Å². The van der Waals surface area contributed by atoms with Crippen molar-refractivity contribution in [1.82, 2.24) is 24.6 Å². The zero-order chi connectivity index (χ0) is 22.1. The van der Waals surface area contributed by atoms with Gasteiger partial charge in [0.25, 0.3) is 5.95 Å². The third-order valence-electron chi connectivity index (χ3n) is 4.58. The Labute approximate surface area is 171 Å². The Balaban J connectivity index is 1.88. The lowest BCUT2D eigenvalue weighted by molar-refractivity contribution is -0.162. The van der Waals surface area contributed by atoms with Crippen LogP contribution in [-0.2, 0) is 17.8 Å². The normalized spacial score (nSPS) is 11.7. The zero-order valence-electron chi connectivity index (χ0n) is 17.1.